The molecule has 0 aliphatic heterocycles. The summed E-state index contributed by atoms with van der Waals surface area (Å²) in [6, 6.07) is 11.2. The number of nitrogen functional groups attached to an aromatic ring is 1. The zero-order valence-corrected chi connectivity index (χ0v) is 8.99. The first-order valence-corrected chi connectivity index (χ1v) is 5.08. The van der Waals surface area contributed by atoms with Gasteiger partial charge in [0.05, 0.1) is 0 Å². The minimum Gasteiger partial charge on any atom is -0.483 e. The van der Waals surface area contributed by atoms with Gasteiger partial charge in [0.25, 0.3) is 0 Å². The molecule has 2 aromatic carbocycles. The van der Waals surface area contributed by atoms with Crippen molar-refractivity contribution in [2.24, 2.45) is 0 Å². The topological polar surface area (TPSA) is 35.2 Å². The molecular formula is C13H11F2NO. The van der Waals surface area contributed by atoms with Gasteiger partial charge in [0.15, 0.2) is 17.4 Å². The number of nitrogens with two attached hydrogens (primary N) is 1. The Kier molecular flexibility index (Phi) is 3.23. The van der Waals surface area contributed by atoms with Crippen LogP contribution in [-0.4, -0.2) is 0 Å². The number of hydrogen-bond acceptors (Lipinski definition) is 2. The summed E-state index contributed by atoms with van der Waals surface area (Å²) in [6.45, 7) is 0.110. The van der Waals surface area contributed by atoms with Crippen molar-refractivity contribution in [2.45, 2.75) is 6.61 Å². The van der Waals surface area contributed by atoms with Gasteiger partial charge < -0.3 is 10.5 Å². The molecule has 0 saturated heterocycles. The molecule has 0 heterocycles. The Balaban J connectivity index is 2.15. The third-order valence-electron chi connectivity index (χ3n) is 2.25. The molecule has 2 aromatic rings. The maximum absolute atomic E-state index is 13.4. The first-order valence-electron chi connectivity index (χ1n) is 5.08. The highest BCUT2D eigenvalue weighted by atomic mass is 19.1. The third-order valence-corrected chi connectivity index (χ3v) is 2.25. The molecular weight excluding hydrogens is 224 g/mol. The zero-order valence-electron chi connectivity index (χ0n) is 8.99. The minimum absolute atomic E-state index is 0.0343. The molecule has 0 aliphatic rings. The molecule has 4 heteroatoms. The number of benzene rings is 2. The van der Waals surface area contributed by atoms with E-state index < -0.39 is 17.4 Å². The molecule has 2 nitrogen and oxygen atoms in total. The van der Waals surface area contributed by atoms with Crippen LogP contribution in [0.25, 0.3) is 0 Å². The van der Waals surface area contributed by atoms with E-state index in [0.29, 0.717) is 0 Å². The zero-order chi connectivity index (χ0) is 12.3. The van der Waals surface area contributed by atoms with Gasteiger partial charge in [0.1, 0.15) is 6.61 Å². The second-order valence-corrected chi connectivity index (χ2v) is 3.59. The summed E-state index contributed by atoms with van der Waals surface area (Å²) in [5.41, 5.74) is 6.17. The van der Waals surface area contributed by atoms with Crippen LogP contribution < -0.4 is 10.5 Å². The average molecular weight is 235 g/mol. The Morgan fingerprint density at radius 3 is 2.18 bits per heavy atom. The van der Waals surface area contributed by atoms with E-state index in [9.17, 15) is 8.78 Å². The van der Waals surface area contributed by atoms with Crippen LogP contribution in [0, 0.1) is 11.6 Å². The van der Waals surface area contributed by atoms with Crippen molar-refractivity contribution in [2.75, 3.05) is 5.73 Å². The Morgan fingerprint density at radius 1 is 1.00 bits per heavy atom. The number of anilines is 1. The van der Waals surface area contributed by atoms with Crippen molar-refractivity contribution in [3.8, 4) is 5.75 Å². The first kappa shape index (κ1) is 11.4. The van der Waals surface area contributed by atoms with Gasteiger partial charge in [-0.1, -0.05) is 30.3 Å². The lowest BCUT2D eigenvalue weighted by molar-refractivity contribution is 0.274. The molecule has 0 amide bonds. The van der Waals surface area contributed by atoms with Crippen LogP contribution in [0.3, 0.4) is 0 Å². The summed E-state index contributed by atoms with van der Waals surface area (Å²) < 4.78 is 31.8. The van der Waals surface area contributed by atoms with Gasteiger partial charge in [0.2, 0.25) is 0 Å². The van der Waals surface area contributed by atoms with Crippen LogP contribution in [-0.2, 0) is 6.61 Å². The van der Waals surface area contributed by atoms with Crippen molar-refractivity contribution >= 4 is 5.69 Å². The Morgan fingerprint density at radius 2 is 1.59 bits per heavy atom. The van der Waals surface area contributed by atoms with Crippen molar-refractivity contribution in [3.63, 3.8) is 0 Å². The fraction of sp³-hybridized carbons (Fsp3) is 0.0769. The van der Waals surface area contributed by atoms with Crippen molar-refractivity contribution in [3.05, 3.63) is 59.7 Å². The summed E-state index contributed by atoms with van der Waals surface area (Å²) >= 11 is 0. The smallest absolute Gasteiger partial charge is 0.191 e. The van der Waals surface area contributed by atoms with Crippen molar-refractivity contribution in [1.82, 2.24) is 0 Å². The molecule has 0 aliphatic carbocycles. The molecule has 2 rings (SSSR count). The van der Waals surface area contributed by atoms with Crippen molar-refractivity contribution in [1.29, 1.82) is 0 Å². The summed E-state index contributed by atoms with van der Waals surface area (Å²) in [5, 5.41) is 0. The van der Waals surface area contributed by atoms with Crippen LogP contribution in [0.15, 0.2) is 42.5 Å². The second kappa shape index (κ2) is 4.82. The van der Waals surface area contributed by atoms with Crippen LogP contribution >= 0.6 is 0 Å². The quantitative estimate of drug-likeness (QED) is 0.829. The Bertz CT molecular complexity index is 491. The monoisotopic (exact) mass is 235 g/mol. The van der Waals surface area contributed by atoms with Crippen LogP contribution in [0.4, 0.5) is 14.5 Å². The highest BCUT2D eigenvalue weighted by molar-refractivity contribution is 5.44. The second-order valence-electron chi connectivity index (χ2n) is 3.59. The van der Waals surface area contributed by atoms with E-state index >= 15 is 0 Å². The SMILES string of the molecule is Nc1cc(F)c(OCc2ccccc2)c(F)c1. The van der Waals surface area contributed by atoms with Gasteiger partial charge in [0, 0.05) is 17.8 Å². The molecule has 0 bridgehead atoms. The molecule has 0 radical (unpaired) electrons. The van der Waals surface area contributed by atoms with Gasteiger partial charge in [-0.3, -0.25) is 0 Å². The highest BCUT2D eigenvalue weighted by Gasteiger charge is 2.11. The van der Waals surface area contributed by atoms with E-state index in [2.05, 4.69) is 0 Å². The fourth-order valence-corrected chi connectivity index (χ4v) is 1.45. The number of rotatable bonds is 3. The van der Waals surface area contributed by atoms with Crippen LogP contribution in [0.1, 0.15) is 5.56 Å². The predicted octanol–water partition coefficient (Wildman–Crippen LogP) is 3.13. The largest absolute Gasteiger partial charge is 0.483 e. The van der Waals surface area contributed by atoms with E-state index in [4.69, 9.17) is 10.5 Å². The summed E-state index contributed by atoms with van der Waals surface area (Å²) in [7, 11) is 0. The number of ether oxygens (including phenoxy) is 1. The van der Waals surface area contributed by atoms with Gasteiger partial charge in [-0.25, -0.2) is 8.78 Å². The summed E-state index contributed by atoms with van der Waals surface area (Å²) in [6.07, 6.45) is 0. The molecule has 17 heavy (non-hydrogen) atoms. The summed E-state index contributed by atoms with van der Waals surface area (Å²) in [5.74, 6) is -1.99. The minimum atomic E-state index is -0.793. The highest BCUT2D eigenvalue weighted by Crippen LogP contribution is 2.25. The van der Waals surface area contributed by atoms with Gasteiger partial charge in [-0.15, -0.1) is 0 Å². The normalized spacial score (nSPS) is 10.2. The standard InChI is InChI=1S/C13H11F2NO/c14-11-6-10(16)7-12(15)13(11)17-8-9-4-2-1-3-5-9/h1-7H,8,16H2. The molecule has 0 aromatic heterocycles. The van der Waals surface area contributed by atoms with Crippen molar-refractivity contribution < 1.29 is 13.5 Å². The van der Waals surface area contributed by atoms with Gasteiger partial charge in [-0.2, -0.15) is 0 Å². The number of hydrogen-bond donors (Lipinski definition) is 1. The molecule has 88 valence electrons. The van der Waals surface area contributed by atoms with Crippen LogP contribution in [0.2, 0.25) is 0 Å². The summed E-state index contributed by atoms with van der Waals surface area (Å²) in [4.78, 5) is 0. The lowest BCUT2D eigenvalue weighted by Crippen LogP contribution is -2.01. The lowest BCUT2D eigenvalue weighted by atomic mass is 10.2. The molecule has 0 saturated carbocycles. The molecule has 0 fully saturated rings. The fourth-order valence-electron chi connectivity index (χ4n) is 1.45. The van der Waals surface area contributed by atoms with E-state index in [-0.39, 0.29) is 12.3 Å². The molecule has 0 spiro atoms. The first-order chi connectivity index (χ1) is 8.16. The Hall–Kier alpha value is -2.10. The van der Waals surface area contributed by atoms with E-state index in [1.807, 2.05) is 30.3 Å². The van der Waals surface area contributed by atoms with E-state index in [0.717, 1.165) is 17.7 Å². The maximum atomic E-state index is 13.4. The van der Waals surface area contributed by atoms with Gasteiger partial charge >= 0.3 is 0 Å². The maximum Gasteiger partial charge on any atom is 0.191 e. The third kappa shape index (κ3) is 2.72. The average Bonchev–Trinajstić information content (AvgIpc) is 2.29. The van der Waals surface area contributed by atoms with Crippen LogP contribution in [0.5, 0.6) is 5.75 Å². The molecule has 0 unspecified atom stereocenters. The van der Waals surface area contributed by atoms with Gasteiger partial charge in [-0.05, 0) is 5.56 Å². The number of halogens is 2. The van der Waals surface area contributed by atoms with E-state index in [1.54, 1.807) is 0 Å². The lowest BCUT2D eigenvalue weighted by Gasteiger charge is -2.08. The molecule has 2 N–H and O–H groups in total. The predicted molar refractivity (Wildman–Crippen MR) is 61.5 cm³/mol. The Labute approximate surface area is 97.6 Å². The van der Waals surface area contributed by atoms with E-state index in [1.165, 1.54) is 0 Å². The molecule has 0 atom stereocenters.